The average Bonchev–Trinajstić information content (AvgIpc) is 2.65. The smallest absolute Gasteiger partial charge is 0.276 e. The van der Waals surface area contributed by atoms with Crippen molar-refractivity contribution < 1.29 is 14.6 Å². The number of benzene rings is 1. The standard InChI is InChI=1S/C13H12Br2N2O3S/c1-16-7(12(19)17(2)13(16)21)4-6-5-8(20-3)11(18)10(15)9(6)14/h4-5,18H,1-3H3/b7-4-. The maximum absolute atomic E-state index is 12.2. The normalized spacial score (nSPS) is 17.1. The van der Waals surface area contributed by atoms with Crippen LogP contribution in [0.1, 0.15) is 5.56 Å². The number of phenolic OH excluding ortho intramolecular Hbond substituents is 1. The summed E-state index contributed by atoms with van der Waals surface area (Å²) in [6, 6.07) is 1.64. The summed E-state index contributed by atoms with van der Waals surface area (Å²) in [5, 5.41) is 10.4. The Bertz CT molecular complexity index is 676. The van der Waals surface area contributed by atoms with Crippen LogP contribution in [0, 0.1) is 0 Å². The van der Waals surface area contributed by atoms with Gasteiger partial charge in [0.15, 0.2) is 16.6 Å². The first kappa shape index (κ1) is 16.3. The summed E-state index contributed by atoms with van der Waals surface area (Å²) in [5.74, 6) is 0.115. The van der Waals surface area contributed by atoms with Crippen LogP contribution in [-0.2, 0) is 4.79 Å². The van der Waals surface area contributed by atoms with Gasteiger partial charge in [0.2, 0.25) is 0 Å². The Kier molecular flexibility index (Phi) is 4.60. The third-order valence-corrected chi connectivity index (χ3v) is 5.85. The molecule has 2 rings (SSSR count). The zero-order valence-corrected chi connectivity index (χ0v) is 15.5. The number of ether oxygens (including phenoxy) is 1. The molecule has 0 radical (unpaired) electrons. The first-order valence-corrected chi connectivity index (χ1v) is 7.81. The molecule has 1 aliphatic heterocycles. The van der Waals surface area contributed by atoms with Gasteiger partial charge in [0.1, 0.15) is 5.70 Å². The predicted molar refractivity (Wildman–Crippen MR) is 91.2 cm³/mol. The second kappa shape index (κ2) is 5.94. The second-order valence-corrected chi connectivity index (χ2v) is 6.33. The van der Waals surface area contributed by atoms with Crippen LogP contribution in [0.2, 0.25) is 0 Å². The number of carbonyl (C=O) groups excluding carboxylic acids is 1. The van der Waals surface area contributed by atoms with Crippen LogP contribution < -0.4 is 4.74 Å². The van der Waals surface area contributed by atoms with Gasteiger partial charge >= 0.3 is 0 Å². The second-order valence-electron chi connectivity index (χ2n) is 4.38. The number of halogens is 2. The Morgan fingerprint density at radius 3 is 2.38 bits per heavy atom. The molecule has 1 aliphatic rings. The van der Waals surface area contributed by atoms with E-state index in [4.69, 9.17) is 17.0 Å². The highest BCUT2D eigenvalue weighted by molar-refractivity contribution is 9.13. The fourth-order valence-corrected chi connectivity index (χ4v) is 2.93. The van der Waals surface area contributed by atoms with E-state index in [1.807, 2.05) is 0 Å². The molecular formula is C13H12Br2N2O3S. The van der Waals surface area contributed by atoms with Gasteiger partial charge in [-0.1, -0.05) is 0 Å². The van der Waals surface area contributed by atoms with Crippen molar-refractivity contribution >= 4 is 61.2 Å². The third-order valence-electron chi connectivity index (χ3n) is 3.15. The lowest BCUT2D eigenvalue weighted by Crippen LogP contribution is -2.26. The average molecular weight is 436 g/mol. The summed E-state index contributed by atoms with van der Waals surface area (Å²) >= 11 is 11.8. The van der Waals surface area contributed by atoms with Gasteiger partial charge in [-0.15, -0.1) is 0 Å². The molecule has 0 unspecified atom stereocenters. The zero-order chi connectivity index (χ0) is 15.9. The van der Waals surface area contributed by atoms with E-state index in [9.17, 15) is 9.90 Å². The first-order chi connectivity index (χ1) is 9.79. The molecule has 0 aliphatic carbocycles. The number of phenols is 1. The van der Waals surface area contributed by atoms with Crippen molar-refractivity contribution in [3.8, 4) is 11.5 Å². The molecule has 0 atom stereocenters. The number of methoxy groups -OCH3 is 1. The van der Waals surface area contributed by atoms with Gasteiger partial charge in [-0.3, -0.25) is 9.69 Å². The summed E-state index contributed by atoms with van der Waals surface area (Å²) in [6.07, 6.45) is 1.69. The van der Waals surface area contributed by atoms with Gasteiger partial charge in [-0.2, -0.15) is 0 Å². The molecule has 0 bridgehead atoms. The summed E-state index contributed by atoms with van der Waals surface area (Å²) in [5.41, 5.74) is 1.13. The maximum Gasteiger partial charge on any atom is 0.276 e. The molecule has 1 saturated heterocycles. The number of thiocarbonyl (C=S) groups is 1. The molecule has 21 heavy (non-hydrogen) atoms. The van der Waals surface area contributed by atoms with Crippen LogP contribution in [0.5, 0.6) is 11.5 Å². The molecule has 0 aromatic heterocycles. The lowest BCUT2D eigenvalue weighted by molar-refractivity contribution is -0.121. The molecule has 0 saturated carbocycles. The molecule has 1 heterocycles. The monoisotopic (exact) mass is 434 g/mol. The van der Waals surface area contributed by atoms with Crippen molar-refractivity contribution in [1.29, 1.82) is 0 Å². The molecule has 1 aromatic carbocycles. The van der Waals surface area contributed by atoms with Crippen LogP contribution >= 0.6 is 44.1 Å². The number of aromatic hydroxyl groups is 1. The molecule has 1 N–H and O–H groups in total. The Morgan fingerprint density at radius 2 is 1.90 bits per heavy atom. The van der Waals surface area contributed by atoms with Crippen molar-refractivity contribution in [2.24, 2.45) is 0 Å². The van der Waals surface area contributed by atoms with Gasteiger partial charge in [0.25, 0.3) is 5.91 Å². The molecule has 1 amide bonds. The van der Waals surface area contributed by atoms with Crippen LogP contribution in [0.15, 0.2) is 20.7 Å². The van der Waals surface area contributed by atoms with Crippen LogP contribution in [0.4, 0.5) is 0 Å². The highest BCUT2D eigenvalue weighted by Crippen LogP contribution is 2.42. The quantitative estimate of drug-likeness (QED) is 0.571. The maximum atomic E-state index is 12.2. The van der Waals surface area contributed by atoms with Crippen molar-refractivity contribution in [3.05, 3.63) is 26.3 Å². The zero-order valence-electron chi connectivity index (χ0n) is 11.5. The van der Waals surface area contributed by atoms with E-state index < -0.39 is 0 Å². The third kappa shape index (κ3) is 2.67. The lowest BCUT2D eigenvalue weighted by atomic mass is 10.1. The summed E-state index contributed by atoms with van der Waals surface area (Å²) < 4.78 is 6.19. The highest BCUT2D eigenvalue weighted by atomic mass is 79.9. The Morgan fingerprint density at radius 1 is 1.29 bits per heavy atom. The summed E-state index contributed by atoms with van der Waals surface area (Å²) in [4.78, 5) is 15.2. The van der Waals surface area contributed by atoms with E-state index in [2.05, 4.69) is 31.9 Å². The number of nitrogens with zero attached hydrogens (tertiary/aromatic N) is 2. The van der Waals surface area contributed by atoms with Gasteiger partial charge in [0, 0.05) is 18.6 Å². The van der Waals surface area contributed by atoms with Gasteiger partial charge in [0.05, 0.1) is 11.6 Å². The molecule has 8 heteroatoms. The van der Waals surface area contributed by atoms with E-state index in [0.717, 1.165) is 0 Å². The van der Waals surface area contributed by atoms with Crippen molar-refractivity contribution in [2.75, 3.05) is 21.2 Å². The molecular weight excluding hydrogens is 424 g/mol. The lowest BCUT2D eigenvalue weighted by Gasteiger charge is -2.13. The number of hydrogen-bond donors (Lipinski definition) is 1. The molecule has 5 nitrogen and oxygen atoms in total. The van der Waals surface area contributed by atoms with E-state index in [-0.39, 0.29) is 11.7 Å². The number of amides is 1. The van der Waals surface area contributed by atoms with Gasteiger partial charge in [-0.05, 0) is 61.8 Å². The van der Waals surface area contributed by atoms with Crippen molar-refractivity contribution in [2.45, 2.75) is 0 Å². The largest absolute Gasteiger partial charge is 0.503 e. The Hall–Kier alpha value is -1.12. The minimum atomic E-state index is -0.183. The van der Waals surface area contributed by atoms with Crippen molar-refractivity contribution in [1.82, 2.24) is 9.80 Å². The summed E-state index contributed by atoms with van der Waals surface area (Å²) in [7, 11) is 4.82. The van der Waals surface area contributed by atoms with E-state index >= 15 is 0 Å². The summed E-state index contributed by atoms with van der Waals surface area (Å²) in [6.45, 7) is 0. The van der Waals surface area contributed by atoms with E-state index in [1.54, 1.807) is 31.1 Å². The first-order valence-electron chi connectivity index (χ1n) is 5.82. The topological polar surface area (TPSA) is 53.0 Å². The molecule has 112 valence electrons. The van der Waals surface area contributed by atoms with E-state index in [1.165, 1.54) is 12.0 Å². The Labute approximate surface area is 144 Å². The predicted octanol–water partition coefficient (Wildman–Crippen LogP) is 2.96. The highest BCUT2D eigenvalue weighted by Gasteiger charge is 2.33. The number of hydrogen-bond acceptors (Lipinski definition) is 4. The minimum Gasteiger partial charge on any atom is -0.503 e. The molecule has 1 aromatic rings. The van der Waals surface area contributed by atoms with Crippen LogP contribution in [-0.4, -0.2) is 47.1 Å². The number of rotatable bonds is 2. The number of carbonyl (C=O) groups is 1. The van der Waals surface area contributed by atoms with Gasteiger partial charge in [-0.25, -0.2) is 0 Å². The number of likely N-dealkylation sites (N-methyl/N-ethyl adjacent to an activating group) is 2. The minimum absolute atomic E-state index is 0.00901. The molecule has 0 spiro atoms. The fourth-order valence-electron chi connectivity index (χ4n) is 1.91. The van der Waals surface area contributed by atoms with Crippen LogP contribution in [0.3, 0.4) is 0 Å². The van der Waals surface area contributed by atoms with E-state index in [0.29, 0.717) is 31.1 Å². The van der Waals surface area contributed by atoms with Crippen molar-refractivity contribution in [3.63, 3.8) is 0 Å². The molecule has 1 fully saturated rings. The Balaban J connectivity index is 2.58. The SMILES string of the molecule is COc1cc(/C=C2/C(=O)N(C)C(=S)N2C)c(Br)c(Br)c1O. The fraction of sp³-hybridized carbons (Fsp3) is 0.231. The van der Waals surface area contributed by atoms with Crippen LogP contribution in [0.25, 0.3) is 6.08 Å². The van der Waals surface area contributed by atoms with Gasteiger partial charge < -0.3 is 14.7 Å².